The van der Waals surface area contributed by atoms with Gasteiger partial charge in [0.15, 0.2) is 6.19 Å². The quantitative estimate of drug-likeness (QED) is 0.240. The van der Waals surface area contributed by atoms with Gasteiger partial charge >= 0.3 is 0 Å². The Hall–Kier alpha value is -1.24. The minimum absolute atomic E-state index is 0. The van der Waals surface area contributed by atoms with Gasteiger partial charge in [-0.15, -0.1) is 0 Å². The molecule has 0 saturated heterocycles. The molecule has 14 heavy (non-hydrogen) atoms. The van der Waals surface area contributed by atoms with Crippen LogP contribution in [-0.4, -0.2) is 19.6 Å². The highest BCUT2D eigenvalue weighted by atomic mass is 15.2. The second-order valence-electron chi connectivity index (χ2n) is 2.44. The largest absolute Gasteiger partial charge is 0.356 e. The standard InChI is InChI=1S/C8H16N4.C2H6.H2/c1-3-4-5-6-11-8(10-2)12-7-9;1-2;/h3-6H2,1-2H3,(H2,10,11,12);1-2H3;1H. The summed E-state index contributed by atoms with van der Waals surface area (Å²) in [6.07, 6.45) is 5.34. The molecule has 0 atom stereocenters. The number of guanidine groups is 1. The van der Waals surface area contributed by atoms with Gasteiger partial charge in [-0.05, 0) is 6.42 Å². The van der Waals surface area contributed by atoms with Crippen LogP contribution < -0.4 is 10.6 Å². The monoisotopic (exact) mass is 200 g/mol. The molecule has 0 radical (unpaired) electrons. The van der Waals surface area contributed by atoms with Gasteiger partial charge in [0.05, 0.1) is 0 Å². The highest BCUT2D eigenvalue weighted by molar-refractivity contribution is 5.80. The Bertz CT molecular complexity index is 175. The summed E-state index contributed by atoms with van der Waals surface area (Å²) >= 11 is 0. The lowest BCUT2D eigenvalue weighted by molar-refractivity contribution is 0.690. The molecule has 0 heterocycles. The molecule has 4 nitrogen and oxygen atoms in total. The third-order valence-corrected chi connectivity index (χ3v) is 1.47. The SMILES string of the molecule is CC.CCCCCNC(=NC)NC#N.[HH]. The molecule has 0 spiro atoms. The number of rotatable bonds is 4. The molecule has 0 amide bonds. The zero-order chi connectivity index (χ0) is 11.2. The van der Waals surface area contributed by atoms with Gasteiger partial charge in [0.2, 0.25) is 5.96 Å². The van der Waals surface area contributed by atoms with Crippen LogP contribution >= 0.6 is 0 Å². The lowest BCUT2D eigenvalue weighted by Crippen LogP contribution is -2.34. The topological polar surface area (TPSA) is 60.2 Å². The molecule has 0 fully saturated rings. The molecule has 0 aromatic heterocycles. The molecular weight excluding hydrogens is 176 g/mol. The lowest BCUT2D eigenvalue weighted by Gasteiger charge is -2.05. The molecule has 0 aliphatic heterocycles. The van der Waals surface area contributed by atoms with Crippen molar-refractivity contribution in [3.8, 4) is 6.19 Å². The summed E-state index contributed by atoms with van der Waals surface area (Å²) in [5.41, 5.74) is 0. The van der Waals surface area contributed by atoms with Gasteiger partial charge in [-0.2, -0.15) is 5.26 Å². The maximum atomic E-state index is 8.29. The Kier molecular flexibility index (Phi) is 15.6. The summed E-state index contributed by atoms with van der Waals surface area (Å²) in [6.45, 7) is 7.03. The molecule has 0 saturated carbocycles. The third-order valence-electron chi connectivity index (χ3n) is 1.47. The highest BCUT2D eigenvalue weighted by Gasteiger charge is 1.92. The molecule has 0 bridgehead atoms. The van der Waals surface area contributed by atoms with Crippen LogP contribution in [0.2, 0.25) is 0 Å². The third kappa shape index (κ3) is 10.8. The van der Waals surface area contributed by atoms with Crippen LogP contribution in [0.15, 0.2) is 4.99 Å². The van der Waals surface area contributed by atoms with Crippen LogP contribution in [-0.2, 0) is 0 Å². The molecule has 0 rings (SSSR count). The summed E-state index contributed by atoms with van der Waals surface area (Å²) in [6, 6.07) is 0. The van der Waals surface area contributed by atoms with Crippen molar-refractivity contribution in [3.05, 3.63) is 0 Å². The average Bonchev–Trinajstić information content (AvgIpc) is 2.25. The zero-order valence-electron chi connectivity index (χ0n) is 9.72. The Labute approximate surface area is 88.9 Å². The van der Waals surface area contributed by atoms with Gasteiger partial charge in [-0.3, -0.25) is 10.3 Å². The Morgan fingerprint density at radius 2 is 2.07 bits per heavy atom. The van der Waals surface area contributed by atoms with Crippen molar-refractivity contribution >= 4 is 5.96 Å². The average molecular weight is 200 g/mol. The van der Waals surface area contributed by atoms with E-state index < -0.39 is 0 Å². The molecule has 0 aromatic rings. The molecular formula is C10H24N4. The molecule has 0 aliphatic rings. The molecule has 84 valence electrons. The summed E-state index contributed by atoms with van der Waals surface area (Å²) < 4.78 is 0. The first-order valence-electron chi connectivity index (χ1n) is 5.21. The van der Waals surface area contributed by atoms with Crippen molar-refractivity contribution in [2.75, 3.05) is 13.6 Å². The number of unbranched alkanes of at least 4 members (excludes halogenated alkanes) is 2. The Morgan fingerprint density at radius 1 is 1.43 bits per heavy atom. The highest BCUT2D eigenvalue weighted by Crippen LogP contribution is 1.90. The second kappa shape index (κ2) is 14.3. The normalized spacial score (nSPS) is 9.50. The van der Waals surface area contributed by atoms with Crippen LogP contribution in [0.1, 0.15) is 41.5 Å². The fourth-order valence-corrected chi connectivity index (χ4v) is 0.814. The summed E-state index contributed by atoms with van der Waals surface area (Å²) in [5, 5.41) is 13.8. The van der Waals surface area contributed by atoms with Gasteiger partial charge < -0.3 is 5.32 Å². The first kappa shape index (κ1) is 15.2. The van der Waals surface area contributed by atoms with Gasteiger partial charge in [-0.1, -0.05) is 33.6 Å². The molecule has 0 aliphatic carbocycles. The van der Waals surface area contributed by atoms with Crippen molar-refractivity contribution in [1.82, 2.24) is 10.6 Å². The fraction of sp³-hybridized carbons (Fsp3) is 0.800. The van der Waals surface area contributed by atoms with E-state index in [4.69, 9.17) is 5.26 Å². The van der Waals surface area contributed by atoms with Crippen LogP contribution in [0.4, 0.5) is 0 Å². The van der Waals surface area contributed by atoms with Gasteiger partial charge in [0.1, 0.15) is 0 Å². The van der Waals surface area contributed by atoms with E-state index >= 15 is 0 Å². The van der Waals surface area contributed by atoms with Crippen molar-refractivity contribution in [2.45, 2.75) is 40.0 Å². The lowest BCUT2D eigenvalue weighted by atomic mass is 10.2. The summed E-state index contributed by atoms with van der Waals surface area (Å²) in [5.74, 6) is 0.550. The number of nitrogens with zero attached hydrogens (tertiary/aromatic N) is 2. The van der Waals surface area contributed by atoms with Crippen molar-refractivity contribution in [2.24, 2.45) is 4.99 Å². The maximum Gasteiger partial charge on any atom is 0.204 e. The van der Waals surface area contributed by atoms with Gasteiger partial charge in [0, 0.05) is 15.0 Å². The van der Waals surface area contributed by atoms with E-state index in [9.17, 15) is 0 Å². The van der Waals surface area contributed by atoms with E-state index in [0.29, 0.717) is 5.96 Å². The fourth-order valence-electron chi connectivity index (χ4n) is 0.814. The Morgan fingerprint density at radius 3 is 2.50 bits per heavy atom. The number of nitriles is 1. The van der Waals surface area contributed by atoms with E-state index in [2.05, 4.69) is 22.5 Å². The number of aliphatic imine (C=N–C) groups is 1. The van der Waals surface area contributed by atoms with E-state index in [1.165, 1.54) is 12.8 Å². The smallest absolute Gasteiger partial charge is 0.204 e. The van der Waals surface area contributed by atoms with Gasteiger partial charge in [-0.25, -0.2) is 0 Å². The number of nitrogens with one attached hydrogen (secondary N) is 2. The number of hydrogen-bond donors (Lipinski definition) is 2. The van der Waals surface area contributed by atoms with Crippen molar-refractivity contribution in [1.29, 1.82) is 5.26 Å². The number of hydrogen-bond acceptors (Lipinski definition) is 2. The maximum absolute atomic E-state index is 8.29. The van der Waals surface area contributed by atoms with Crippen molar-refractivity contribution in [3.63, 3.8) is 0 Å². The van der Waals surface area contributed by atoms with Crippen LogP contribution in [0.25, 0.3) is 0 Å². The van der Waals surface area contributed by atoms with Crippen molar-refractivity contribution < 1.29 is 1.43 Å². The predicted octanol–water partition coefficient (Wildman–Crippen LogP) is 2.09. The second-order valence-corrected chi connectivity index (χ2v) is 2.44. The van der Waals surface area contributed by atoms with E-state index in [-0.39, 0.29) is 1.43 Å². The van der Waals surface area contributed by atoms with E-state index in [1.54, 1.807) is 7.05 Å². The predicted molar refractivity (Wildman–Crippen MR) is 63.1 cm³/mol. The van der Waals surface area contributed by atoms with Crippen LogP contribution in [0, 0.1) is 11.5 Å². The van der Waals surface area contributed by atoms with Gasteiger partial charge in [0.25, 0.3) is 0 Å². The Balaban J connectivity index is -0.000000449. The summed E-state index contributed by atoms with van der Waals surface area (Å²) in [7, 11) is 1.65. The molecule has 2 N–H and O–H groups in total. The first-order valence-corrected chi connectivity index (χ1v) is 5.21. The van der Waals surface area contributed by atoms with Crippen LogP contribution in [0.3, 0.4) is 0 Å². The zero-order valence-corrected chi connectivity index (χ0v) is 9.72. The van der Waals surface area contributed by atoms with Crippen LogP contribution in [0.5, 0.6) is 0 Å². The molecule has 0 aromatic carbocycles. The van der Waals surface area contributed by atoms with E-state index in [0.717, 1.165) is 13.0 Å². The minimum atomic E-state index is 0. The summed E-state index contributed by atoms with van der Waals surface area (Å²) in [4.78, 5) is 3.85. The molecule has 4 heteroatoms. The first-order chi connectivity index (χ1) is 6.85. The van der Waals surface area contributed by atoms with E-state index in [1.807, 2.05) is 20.0 Å². The molecule has 0 unspecified atom stereocenters. The minimum Gasteiger partial charge on any atom is -0.356 e.